The van der Waals surface area contributed by atoms with Gasteiger partial charge in [-0.05, 0) is 55.7 Å². The molecular weight excluding hydrogens is 314 g/mol. The Kier molecular flexibility index (Phi) is 4.87. The summed E-state index contributed by atoms with van der Waals surface area (Å²) in [5, 5.41) is 3.06. The van der Waals surface area contributed by atoms with Crippen LogP contribution in [0.2, 0.25) is 0 Å². The van der Waals surface area contributed by atoms with E-state index in [2.05, 4.69) is 31.3 Å². The number of carbonyl (C=O) groups excluding carboxylic acids is 2. The average Bonchev–Trinajstić information content (AvgIpc) is 3.38. The van der Waals surface area contributed by atoms with Gasteiger partial charge in [0.25, 0.3) is 0 Å². The number of rotatable bonds is 6. The van der Waals surface area contributed by atoms with Gasteiger partial charge in [0.1, 0.15) is 5.92 Å². The molecule has 3 rings (SSSR count). The SMILES string of the molecule is CC(C)c1ccc(N2CCC(C(=O)NC(C)(CN)C3CC3)C2=O)cc1. The number of hydrogen-bond donors (Lipinski definition) is 2. The van der Waals surface area contributed by atoms with Gasteiger partial charge in [0.05, 0.1) is 5.54 Å². The second-order valence-corrected chi connectivity index (χ2v) is 7.96. The third kappa shape index (κ3) is 3.56. The number of amides is 2. The van der Waals surface area contributed by atoms with E-state index >= 15 is 0 Å². The van der Waals surface area contributed by atoms with E-state index in [1.54, 1.807) is 4.90 Å². The molecule has 1 saturated heterocycles. The first kappa shape index (κ1) is 17.9. The fourth-order valence-corrected chi connectivity index (χ4v) is 3.63. The summed E-state index contributed by atoms with van der Waals surface area (Å²) in [6.45, 7) is 7.27. The quantitative estimate of drug-likeness (QED) is 0.779. The highest BCUT2D eigenvalue weighted by Crippen LogP contribution is 2.39. The van der Waals surface area contributed by atoms with E-state index in [-0.39, 0.29) is 17.4 Å². The van der Waals surface area contributed by atoms with E-state index in [9.17, 15) is 9.59 Å². The smallest absolute Gasteiger partial charge is 0.239 e. The molecule has 1 aromatic carbocycles. The highest BCUT2D eigenvalue weighted by molar-refractivity contribution is 6.09. The Morgan fingerprint density at radius 2 is 1.92 bits per heavy atom. The van der Waals surface area contributed by atoms with E-state index in [1.807, 2.05) is 19.1 Å². The highest BCUT2D eigenvalue weighted by Gasteiger charge is 2.45. The molecule has 2 fully saturated rings. The van der Waals surface area contributed by atoms with Crippen LogP contribution < -0.4 is 16.0 Å². The van der Waals surface area contributed by atoms with Crippen LogP contribution in [0.3, 0.4) is 0 Å². The third-order valence-corrected chi connectivity index (χ3v) is 5.70. The molecule has 0 radical (unpaired) electrons. The van der Waals surface area contributed by atoms with Crippen molar-refractivity contribution in [3.8, 4) is 0 Å². The van der Waals surface area contributed by atoms with Crippen LogP contribution in [0.25, 0.3) is 0 Å². The van der Waals surface area contributed by atoms with E-state index in [4.69, 9.17) is 5.73 Å². The molecule has 1 heterocycles. The highest BCUT2D eigenvalue weighted by atomic mass is 16.2. The molecule has 25 heavy (non-hydrogen) atoms. The first-order valence-corrected chi connectivity index (χ1v) is 9.29. The Bertz CT molecular complexity index is 651. The Balaban J connectivity index is 1.67. The molecule has 2 unspecified atom stereocenters. The second kappa shape index (κ2) is 6.79. The van der Waals surface area contributed by atoms with Crippen LogP contribution in [0, 0.1) is 11.8 Å². The van der Waals surface area contributed by atoms with Gasteiger partial charge in [-0.15, -0.1) is 0 Å². The summed E-state index contributed by atoms with van der Waals surface area (Å²) in [6.07, 6.45) is 2.75. The molecule has 1 aliphatic carbocycles. The fourth-order valence-electron chi connectivity index (χ4n) is 3.63. The van der Waals surface area contributed by atoms with Crippen molar-refractivity contribution < 1.29 is 9.59 Å². The van der Waals surface area contributed by atoms with Crippen molar-refractivity contribution in [1.82, 2.24) is 5.32 Å². The van der Waals surface area contributed by atoms with Crippen molar-refractivity contribution in [2.45, 2.75) is 51.5 Å². The van der Waals surface area contributed by atoms with Gasteiger partial charge in [-0.2, -0.15) is 0 Å². The van der Waals surface area contributed by atoms with E-state index in [0.29, 0.717) is 31.3 Å². The van der Waals surface area contributed by atoms with Crippen LogP contribution in [0.5, 0.6) is 0 Å². The minimum Gasteiger partial charge on any atom is -0.349 e. The number of nitrogens with zero attached hydrogens (tertiary/aromatic N) is 1. The van der Waals surface area contributed by atoms with E-state index in [0.717, 1.165) is 18.5 Å². The van der Waals surface area contributed by atoms with Gasteiger partial charge in [-0.3, -0.25) is 9.59 Å². The van der Waals surface area contributed by atoms with Gasteiger partial charge in [0.2, 0.25) is 11.8 Å². The maximum Gasteiger partial charge on any atom is 0.239 e. The number of hydrogen-bond acceptors (Lipinski definition) is 3. The lowest BCUT2D eigenvalue weighted by Gasteiger charge is -2.30. The second-order valence-electron chi connectivity index (χ2n) is 7.96. The molecule has 1 aromatic rings. The van der Waals surface area contributed by atoms with Crippen molar-refractivity contribution >= 4 is 17.5 Å². The van der Waals surface area contributed by atoms with Crippen LogP contribution in [0.15, 0.2) is 24.3 Å². The van der Waals surface area contributed by atoms with Crippen LogP contribution in [0.4, 0.5) is 5.69 Å². The number of nitrogens with two attached hydrogens (primary N) is 1. The summed E-state index contributed by atoms with van der Waals surface area (Å²) in [7, 11) is 0. The summed E-state index contributed by atoms with van der Waals surface area (Å²) < 4.78 is 0. The molecule has 0 aromatic heterocycles. The number of benzene rings is 1. The lowest BCUT2D eigenvalue weighted by Crippen LogP contribution is -2.55. The van der Waals surface area contributed by atoms with E-state index < -0.39 is 5.92 Å². The molecule has 136 valence electrons. The Morgan fingerprint density at radius 1 is 1.28 bits per heavy atom. The predicted octanol–water partition coefficient (Wildman–Crippen LogP) is 2.41. The largest absolute Gasteiger partial charge is 0.349 e. The Labute approximate surface area is 150 Å². The van der Waals surface area contributed by atoms with Crippen LogP contribution in [-0.2, 0) is 9.59 Å². The molecule has 1 saturated carbocycles. The number of nitrogens with one attached hydrogen (secondary N) is 1. The minimum absolute atomic E-state index is 0.107. The lowest BCUT2D eigenvalue weighted by molar-refractivity contribution is -0.133. The first-order chi connectivity index (χ1) is 11.9. The predicted molar refractivity (Wildman–Crippen MR) is 99.3 cm³/mol. The van der Waals surface area contributed by atoms with Gasteiger partial charge in [0, 0.05) is 18.8 Å². The average molecular weight is 343 g/mol. The first-order valence-electron chi connectivity index (χ1n) is 9.29. The normalized spacial score (nSPS) is 23.0. The topological polar surface area (TPSA) is 75.4 Å². The molecule has 5 nitrogen and oxygen atoms in total. The van der Waals surface area contributed by atoms with Crippen LogP contribution in [-0.4, -0.2) is 30.4 Å². The Hall–Kier alpha value is -1.88. The van der Waals surface area contributed by atoms with Gasteiger partial charge < -0.3 is 16.0 Å². The van der Waals surface area contributed by atoms with Crippen molar-refractivity contribution in [3.05, 3.63) is 29.8 Å². The zero-order valence-electron chi connectivity index (χ0n) is 15.4. The molecule has 3 N–H and O–H groups in total. The van der Waals surface area contributed by atoms with Crippen molar-refractivity contribution in [1.29, 1.82) is 0 Å². The molecule has 2 atom stereocenters. The summed E-state index contributed by atoms with van der Waals surface area (Å²) >= 11 is 0. The molecule has 5 heteroatoms. The minimum atomic E-state index is -0.602. The molecular formula is C20H29N3O2. The fraction of sp³-hybridized carbons (Fsp3) is 0.600. The van der Waals surface area contributed by atoms with Gasteiger partial charge in [-0.1, -0.05) is 26.0 Å². The zero-order valence-corrected chi connectivity index (χ0v) is 15.4. The van der Waals surface area contributed by atoms with Gasteiger partial charge in [0.15, 0.2) is 0 Å². The summed E-state index contributed by atoms with van der Waals surface area (Å²) in [5.74, 6) is 0.0152. The van der Waals surface area contributed by atoms with Crippen molar-refractivity contribution in [3.63, 3.8) is 0 Å². The van der Waals surface area contributed by atoms with Crippen molar-refractivity contribution in [2.75, 3.05) is 18.0 Å². The Morgan fingerprint density at radius 3 is 2.44 bits per heavy atom. The van der Waals surface area contributed by atoms with Crippen LogP contribution >= 0.6 is 0 Å². The maximum absolute atomic E-state index is 12.8. The maximum atomic E-state index is 12.8. The molecule has 0 spiro atoms. The molecule has 1 aliphatic heterocycles. The van der Waals surface area contributed by atoms with E-state index in [1.165, 1.54) is 5.56 Å². The molecule has 2 aliphatic rings. The van der Waals surface area contributed by atoms with Gasteiger partial charge >= 0.3 is 0 Å². The lowest BCUT2D eigenvalue weighted by atomic mass is 9.94. The summed E-state index contributed by atoms with van der Waals surface area (Å²) in [6, 6.07) is 8.06. The summed E-state index contributed by atoms with van der Waals surface area (Å²) in [4.78, 5) is 27.2. The monoisotopic (exact) mass is 343 g/mol. The standard InChI is InChI=1S/C20H29N3O2/c1-13(2)14-4-8-16(9-5-14)23-11-10-17(19(23)25)18(24)22-20(3,12-21)15-6-7-15/h4-5,8-9,13,15,17H,6-7,10-12,21H2,1-3H3,(H,22,24). The van der Waals surface area contributed by atoms with Crippen LogP contribution in [0.1, 0.15) is 51.5 Å². The zero-order chi connectivity index (χ0) is 18.2. The molecule has 0 bridgehead atoms. The third-order valence-electron chi connectivity index (χ3n) is 5.70. The number of anilines is 1. The number of carbonyl (C=O) groups is 2. The molecule has 2 amide bonds. The van der Waals surface area contributed by atoms with Gasteiger partial charge in [-0.25, -0.2) is 0 Å². The van der Waals surface area contributed by atoms with Crippen molar-refractivity contribution in [2.24, 2.45) is 17.6 Å². The summed E-state index contributed by atoms with van der Waals surface area (Å²) in [5.41, 5.74) is 7.60.